The minimum Gasteiger partial charge on any atom is -0.351 e. The summed E-state index contributed by atoms with van der Waals surface area (Å²) in [5.74, 6) is 0.560. The highest BCUT2D eigenvalue weighted by atomic mass is 32.1. The van der Waals surface area contributed by atoms with Gasteiger partial charge in [-0.05, 0) is 12.5 Å². The molecule has 0 atom stereocenters. The molecule has 0 aliphatic carbocycles. The molecule has 0 saturated heterocycles. The lowest BCUT2D eigenvalue weighted by atomic mass is 10.4. The van der Waals surface area contributed by atoms with Gasteiger partial charge in [0, 0.05) is 12.7 Å². The van der Waals surface area contributed by atoms with Crippen LogP contribution < -0.4 is 10.6 Å². The van der Waals surface area contributed by atoms with Crippen molar-refractivity contribution in [1.29, 1.82) is 0 Å². The van der Waals surface area contributed by atoms with Gasteiger partial charge in [-0.2, -0.15) is 0 Å². The standard InChI is InChI=1S/C11H13N5OS/c1-2-4-13-10(17)8-6-14-11(18-8)16-9-3-5-12-7-15-9/h3,5-7H,2,4H2,1H3,(H,13,17)(H,12,14,15,16). The van der Waals surface area contributed by atoms with Crippen molar-refractivity contribution in [3.63, 3.8) is 0 Å². The molecule has 0 aliphatic rings. The number of anilines is 2. The minimum absolute atomic E-state index is 0.0925. The Morgan fingerprint density at radius 1 is 1.44 bits per heavy atom. The zero-order chi connectivity index (χ0) is 12.8. The highest BCUT2D eigenvalue weighted by Gasteiger charge is 2.09. The van der Waals surface area contributed by atoms with E-state index in [1.807, 2.05) is 6.92 Å². The Balaban J connectivity index is 2.00. The smallest absolute Gasteiger partial charge is 0.263 e. The molecule has 2 aromatic rings. The minimum atomic E-state index is -0.0925. The summed E-state index contributed by atoms with van der Waals surface area (Å²) < 4.78 is 0. The van der Waals surface area contributed by atoms with Crippen molar-refractivity contribution in [2.24, 2.45) is 0 Å². The zero-order valence-electron chi connectivity index (χ0n) is 9.88. The highest BCUT2D eigenvalue weighted by molar-refractivity contribution is 7.17. The van der Waals surface area contributed by atoms with E-state index in [0.717, 1.165) is 6.42 Å². The lowest BCUT2D eigenvalue weighted by Gasteiger charge is -2.00. The van der Waals surface area contributed by atoms with E-state index < -0.39 is 0 Å². The van der Waals surface area contributed by atoms with Crippen LogP contribution in [-0.2, 0) is 0 Å². The van der Waals surface area contributed by atoms with E-state index in [2.05, 4.69) is 25.6 Å². The van der Waals surface area contributed by atoms with Crippen molar-refractivity contribution in [2.75, 3.05) is 11.9 Å². The number of nitrogens with one attached hydrogen (secondary N) is 2. The summed E-state index contributed by atoms with van der Waals surface area (Å²) in [4.78, 5) is 24.2. The van der Waals surface area contributed by atoms with Crippen LogP contribution >= 0.6 is 11.3 Å². The second kappa shape index (κ2) is 6.06. The van der Waals surface area contributed by atoms with E-state index in [1.54, 1.807) is 18.5 Å². The predicted octanol–water partition coefficient (Wildman–Crippen LogP) is 1.82. The number of thiazole rings is 1. The summed E-state index contributed by atoms with van der Waals surface area (Å²) in [6, 6.07) is 1.73. The third kappa shape index (κ3) is 3.24. The molecule has 1 amide bonds. The van der Waals surface area contributed by atoms with Crippen LogP contribution in [0.1, 0.15) is 23.0 Å². The van der Waals surface area contributed by atoms with Gasteiger partial charge in [0.15, 0.2) is 5.13 Å². The van der Waals surface area contributed by atoms with Crippen LogP contribution in [0.4, 0.5) is 10.9 Å². The van der Waals surface area contributed by atoms with Crippen LogP contribution in [0.25, 0.3) is 0 Å². The van der Waals surface area contributed by atoms with Crippen LogP contribution in [0.5, 0.6) is 0 Å². The molecule has 2 heterocycles. The first kappa shape index (κ1) is 12.4. The zero-order valence-corrected chi connectivity index (χ0v) is 10.7. The summed E-state index contributed by atoms with van der Waals surface area (Å²) in [6.45, 7) is 2.68. The molecule has 18 heavy (non-hydrogen) atoms. The third-order valence-corrected chi connectivity index (χ3v) is 2.99. The molecule has 94 valence electrons. The molecule has 0 aromatic carbocycles. The van der Waals surface area contributed by atoms with Crippen molar-refractivity contribution >= 4 is 28.2 Å². The van der Waals surface area contributed by atoms with Gasteiger partial charge in [0.25, 0.3) is 5.91 Å². The Morgan fingerprint density at radius 2 is 2.33 bits per heavy atom. The molecular weight excluding hydrogens is 250 g/mol. The van der Waals surface area contributed by atoms with Crippen molar-refractivity contribution in [3.8, 4) is 0 Å². The van der Waals surface area contributed by atoms with Gasteiger partial charge in [-0.3, -0.25) is 4.79 Å². The van der Waals surface area contributed by atoms with E-state index in [-0.39, 0.29) is 5.91 Å². The van der Waals surface area contributed by atoms with Crippen LogP contribution in [0.3, 0.4) is 0 Å². The van der Waals surface area contributed by atoms with Crippen molar-refractivity contribution < 1.29 is 4.79 Å². The number of carbonyl (C=O) groups is 1. The molecule has 0 bridgehead atoms. The topological polar surface area (TPSA) is 79.8 Å². The second-order valence-electron chi connectivity index (χ2n) is 3.51. The van der Waals surface area contributed by atoms with Gasteiger partial charge >= 0.3 is 0 Å². The summed E-state index contributed by atoms with van der Waals surface area (Å²) in [5, 5.41) is 6.45. The Morgan fingerprint density at radius 3 is 3.06 bits per heavy atom. The van der Waals surface area contributed by atoms with Crippen molar-refractivity contribution in [1.82, 2.24) is 20.3 Å². The lowest BCUT2D eigenvalue weighted by Crippen LogP contribution is -2.22. The van der Waals surface area contributed by atoms with Gasteiger partial charge in [-0.25, -0.2) is 15.0 Å². The molecular formula is C11H13N5OS. The first-order chi connectivity index (χ1) is 8.79. The number of aromatic nitrogens is 3. The van der Waals surface area contributed by atoms with Gasteiger partial charge in [0.2, 0.25) is 0 Å². The van der Waals surface area contributed by atoms with E-state index >= 15 is 0 Å². The highest BCUT2D eigenvalue weighted by Crippen LogP contribution is 2.20. The van der Waals surface area contributed by atoms with Gasteiger partial charge in [-0.15, -0.1) is 0 Å². The molecule has 2 rings (SSSR count). The molecule has 0 unspecified atom stereocenters. The average molecular weight is 263 g/mol. The van der Waals surface area contributed by atoms with Gasteiger partial charge in [0.1, 0.15) is 17.0 Å². The van der Waals surface area contributed by atoms with Crippen LogP contribution in [0.2, 0.25) is 0 Å². The fourth-order valence-electron chi connectivity index (χ4n) is 1.24. The summed E-state index contributed by atoms with van der Waals surface area (Å²) >= 11 is 1.29. The van der Waals surface area contributed by atoms with Crippen molar-refractivity contribution in [3.05, 3.63) is 29.7 Å². The van der Waals surface area contributed by atoms with Gasteiger partial charge in [0.05, 0.1) is 6.20 Å². The molecule has 6 nitrogen and oxygen atoms in total. The fraction of sp³-hybridized carbons (Fsp3) is 0.273. The maximum atomic E-state index is 11.7. The number of carbonyl (C=O) groups excluding carboxylic acids is 1. The van der Waals surface area contributed by atoms with Crippen LogP contribution in [0.15, 0.2) is 24.8 Å². The van der Waals surface area contributed by atoms with E-state index in [1.165, 1.54) is 17.7 Å². The van der Waals surface area contributed by atoms with Crippen molar-refractivity contribution in [2.45, 2.75) is 13.3 Å². The maximum absolute atomic E-state index is 11.7. The monoisotopic (exact) mass is 263 g/mol. The molecule has 0 radical (unpaired) electrons. The number of amides is 1. The summed E-state index contributed by atoms with van der Waals surface area (Å²) in [5.41, 5.74) is 0. The first-order valence-corrected chi connectivity index (χ1v) is 6.38. The second-order valence-corrected chi connectivity index (χ2v) is 4.54. The number of hydrogen-bond acceptors (Lipinski definition) is 6. The molecule has 0 fully saturated rings. The first-order valence-electron chi connectivity index (χ1n) is 5.56. The number of rotatable bonds is 5. The van der Waals surface area contributed by atoms with E-state index in [9.17, 15) is 4.79 Å². The maximum Gasteiger partial charge on any atom is 0.263 e. The van der Waals surface area contributed by atoms with E-state index in [4.69, 9.17) is 0 Å². The van der Waals surface area contributed by atoms with Crippen LogP contribution in [-0.4, -0.2) is 27.4 Å². The Labute approximate surface area is 109 Å². The summed E-state index contributed by atoms with van der Waals surface area (Å²) in [6.07, 6.45) is 5.55. The Kier molecular flexibility index (Phi) is 4.19. The average Bonchev–Trinajstić information content (AvgIpc) is 2.86. The molecule has 0 saturated carbocycles. The molecule has 7 heteroatoms. The SMILES string of the molecule is CCCNC(=O)c1cnc(Nc2ccncn2)s1. The number of nitrogens with zero attached hydrogens (tertiary/aromatic N) is 3. The number of hydrogen-bond donors (Lipinski definition) is 2. The predicted molar refractivity (Wildman–Crippen MR) is 70.1 cm³/mol. The lowest BCUT2D eigenvalue weighted by molar-refractivity contribution is 0.0957. The fourth-order valence-corrected chi connectivity index (χ4v) is 1.98. The van der Waals surface area contributed by atoms with Crippen LogP contribution in [0, 0.1) is 0 Å². The van der Waals surface area contributed by atoms with Gasteiger partial charge < -0.3 is 10.6 Å². The summed E-state index contributed by atoms with van der Waals surface area (Å²) in [7, 11) is 0. The normalized spacial score (nSPS) is 10.1. The van der Waals surface area contributed by atoms with Gasteiger partial charge in [-0.1, -0.05) is 18.3 Å². The molecule has 0 aliphatic heterocycles. The quantitative estimate of drug-likeness (QED) is 0.860. The largest absolute Gasteiger partial charge is 0.351 e. The molecule has 0 spiro atoms. The van der Waals surface area contributed by atoms with E-state index in [0.29, 0.717) is 22.4 Å². The Hall–Kier alpha value is -2.02. The third-order valence-electron chi connectivity index (χ3n) is 2.08. The Bertz CT molecular complexity index is 513. The molecule has 2 aromatic heterocycles. The molecule has 2 N–H and O–H groups in total.